The quantitative estimate of drug-likeness (QED) is 0.833. The molecule has 2 heterocycles. The lowest BCUT2D eigenvalue weighted by Gasteiger charge is -2.29. The van der Waals surface area contributed by atoms with Crippen LogP contribution in [0.4, 0.5) is 13.2 Å². The fourth-order valence-electron chi connectivity index (χ4n) is 3.42. The first-order chi connectivity index (χ1) is 12.3. The van der Waals surface area contributed by atoms with E-state index in [0.29, 0.717) is 17.5 Å². The standard InChI is InChI=1S/C18H16F3NO4/c1-7(19)13-10(4-9(20)5-11(13)21)15-14(17(23)25-3)8(2)22-12-6-26-18(24)16(12)15/h4-5,7,15,22H,6H2,1-3H3. The number of rotatable bonds is 3. The molecule has 0 saturated heterocycles. The fourth-order valence-corrected chi connectivity index (χ4v) is 3.42. The van der Waals surface area contributed by atoms with E-state index in [9.17, 15) is 22.8 Å². The van der Waals surface area contributed by atoms with E-state index in [2.05, 4.69) is 5.32 Å². The van der Waals surface area contributed by atoms with Crippen molar-refractivity contribution in [1.29, 1.82) is 0 Å². The zero-order valence-corrected chi connectivity index (χ0v) is 14.3. The summed E-state index contributed by atoms with van der Waals surface area (Å²) in [7, 11) is 1.14. The maximum atomic E-state index is 14.3. The highest BCUT2D eigenvalue weighted by atomic mass is 19.1. The Labute approximate surface area is 147 Å². The van der Waals surface area contributed by atoms with E-state index in [-0.39, 0.29) is 23.3 Å². The molecule has 5 nitrogen and oxygen atoms in total. The van der Waals surface area contributed by atoms with Crippen molar-refractivity contribution >= 4 is 11.9 Å². The number of nitrogens with one attached hydrogen (secondary N) is 1. The molecule has 0 saturated carbocycles. The van der Waals surface area contributed by atoms with Crippen molar-refractivity contribution in [1.82, 2.24) is 5.32 Å². The number of benzene rings is 1. The molecule has 0 spiro atoms. The van der Waals surface area contributed by atoms with Crippen LogP contribution in [-0.2, 0) is 19.1 Å². The molecule has 2 aliphatic heterocycles. The van der Waals surface area contributed by atoms with E-state index >= 15 is 0 Å². The van der Waals surface area contributed by atoms with E-state index in [4.69, 9.17) is 9.47 Å². The Hall–Kier alpha value is -2.77. The van der Waals surface area contributed by atoms with Crippen molar-refractivity contribution < 1.29 is 32.2 Å². The first-order valence-corrected chi connectivity index (χ1v) is 7.85. The summed E-state index contributed by atoms with van der Waals surface area (Å²) < 4.78 is 52.1. The Morgan fingerprint density at radius 3 is 2.69 bits per heavy atom. The molecule has 0 aliphatic carbocycles. The summed E-state index contributed by atoms with van der Waals surface area (Å²) >= 11 is 0. The molecule has 1 aromatic carbocycles. The van der Waals surface area contributed by atoms with E-state index < -0.39 is 41.2 Å². The van der Waals surface area contributed by atoms with Crippen molar-refractivity contribution in [3.63, 3.8) is 0 Å². The van der Waals surface area contributed by atoms with Gasteiger partial charge in [0.15, 0.2) is 0 Å². The Balaban J connectivity index is 2.33. The maximum Gasteiger partial charge on any atom is 0.337 e. The zero-order chi connectivity index (χ0) is 19.2. The number of hydrogen-bond acceptors (Lipinski definition) is 5. The topological polar surface area (TPSA) is 64.6 Å². The summed E-state index contributed by atoms with van der Waals surface area (Å²) in [6.45, 7) is 2.58. The van der Waals surface area contributed by atoms with Gasteiger partial charge in [0.2, 0.25) is 0 Å². The minimum atomic E-state index is -1.79. The number of methoxy groups -OCH3 is 1. The molecule has 8 heteroatoms. The van der Waals surface area contributed by atoms with Crippen molar-refractivity contribution in [3.05, 3.63) is 57.4 Å². The highest BCUT2D eigenvalue weighted by molar-refractivity contribution is 6.01. The van der Waals surface area contributed by atoms with Crippen molar-refractivity contribution in [2.24, 2.45) is 0 Å². The lowest BCUT2D eigenvalue weighted by atomic mass is 9.78. The number of esters is 2. The van der Waals surface area contributed by atoms with Gasteiger partial charge in [-0.25, -0.2) is 22.8 Å². The second-order valence-electron chi connectivity index (χ2n) is 6.06. The van der Waals surface area contributed by atoms with Crippen LogP contribution in [0, 0.1) is 11.6 Å². The fraction of sp³-hybridized carbons (Fsp3) is 0.333. The van der Waals surface area contributed by atoms with Gasteiger partial charge in [0.1, 0.15) is 24.4 Å². The van der Waals surface area contributed by atoms with Crippen molar-refractivity contribution in [3.8, 4) is 0 Å². The molecule has 0 fully saturated rings. The predicted molar refractivity (Wildman–Crippen MR) is 84.5 cm³/mol. The van der Waals surface area contributed by atoms with Crippen molar-refractivity contribution in [2.75, 3.05) is 13.7 Å². The summed E-state index contributed by atoms with van der Waals surface area (Å²) in [6, 6.07) is 1.49. The molecule has 3 rings (SSSR count). The average molecular weight is 367 g/mol. The smallest absolute Gasteiger partial charge is 0.337 e. The molecule has 138 valence electrons. The van der Waals surface area contributed by atoms with Crippen LogP contribution in [0.2, 0.25) is 0 Å². The van der Waals surface area contributed by atoms with E-state index in [1.165, 1.54) is 0 Å². The molecule has 1 aromatic rings. The molecule has 2 atom stereocenters. The Morgan fingerprint density at radius 1 is 1.38 bits per heavy atom. The average Bonchev–Trinajstić information content (AvgIpc) is 2.92. The predicted octanol–water partition coefficient (Wildman–Crippen LogP) is 2.94. The van der Waals surface area contributed by atoms with Gasteiger partial charge in [-0.3, -0.25) is 0 Å². The normalized spacial score (nSPS) is 20.5. The molecule has 0 radical (unpaired) electrons. The van der Waals surface area contributed by atoms with Gasteiger partial charge in [0.25, 0.3) is 0 Å². The summed E-state index contributed by atoms with van der Waals surface area (Å²) in [6.07, 6.45) is -1.79. The van der Waals surface area contributed by atoms with Crippen LogP contribution in [0.3, 0.4) is 0 Å². The summed E-state index contributed by atoms with van der Waals surface area (Å²) in [5.74, 6) is -4.78. The lowest BCUT2D eigenvalue weighted by molar-refractivity contribution is -0.136. The van der Waals surface area contributed by atoms with Crippen LogP contribution >= 0.6 is 0 Å². The van der Waals surface area contributed by atoms with Crippen molar-refractivity contribution in [2.45, 2.75) is 25.9 Å². The van der Waals surface area contributed by atoms with E-state index in [0.717, 1.165) is 20.1 Å². The van der Waals surface area contributed by atoms with Gasteiger partial charge in [0, 0.05) is 17.3 Å². The highest BCUT2D eigenvalue weighted by Gasteiger charge is 2.43. The minimum absolute atomic E-state index is 0.0166. The SMILES string of the molecule is COC(=O)C1=C(C)NC2=C(C(=O)OC2)C1c1cc(F)cc(F)c1C(C)F. The number of allylic oxidation sites excluding steroid dienone is 1. The van der Waals surface area contributed by atoms with Crippen LogP contribution in [0.1, 0.15) is 37.1 Å². The third kappa shape index (κ3) is 2.75. The van der Waals surface area contributed by atoms with Crippen LogP contribution in [0.5, 0.6) is 0 Å². The molecular weight excluding hydrogens is 351 g/mol. The summed E-state index contributed by atoms with van der Waals surface area (Å²) in [5.41, 5.74) is 0.123. The number of ether oxygens (including phenoxy) is 2. The first-order valence-electron chi connectivity index (χ1n) is 7.85. The molecule has 0 bridgehead atoms. The summed E-state index contributed by atoms with van der Waals surface area (Å²) in [5, 5.41) is 2.88. The van der Waals surface area contributed by atoms with Crippen LogP contribution < -0.4 is 5.32 Å². The van der Waals surface area contributed by atoms with Gasteiger partial charge >= 0.3 is 11.9 Å². The lowest BCUT2D eigenvalue weighted by Crippen LogP contribution is -2.30. The van der Waals surface area contributed by atoms with Crippen LogP contribution in [0.25, 0.3) is 0 Å². The molecule has 2 aliphatic rings. The number of dihydropyridines is 1. The number of halogens is 3. The van der Waals surface area contributed by atoms with Gasteiger partial charge < -0.3 is 14.8 Å². The Kier molecular flexibility index (Phi) is 4.52. The minimum Gasteiger partial charge on any atom is -0.466 e. The Morgan fingerprint density at radius 2 is 2.08 bits per heavy atom. The number of carbonyl (C=O) groups is 2. The number of alkyl halides is 1. The Bertz CT molecular complexity index is 873. The number of cyclic esters (lactones) is 1. The third-order valence-corrected chi connectivity index (χ3v) is 4.45. The second kappa shape index (κ2) is 6.51. The maximum absolute atomic E-state index is 14.3. The van der Waals surface area contributed by atoms with E-state index in [1.54, 1.807) is 6.92 Å². The van der Waals surface area contributed by atoms with Gasteiger partial charge in [0.05, 0.1) is 29.9 Å². The van der Waals surface area contributed by atoms with Crippen LogP contribution in [0.15, 0.2) is 34.7 Å². The number of hydrogen-bond donors (Lipinski definition) is 1. The largest absolute Gasteiger partial charge is 0.466 e. The second-order valence-corrected chi connectivity index (χ2v) is 6.06. The third-order valence-electron chi connectivity index (χ3n) is 4.45. The number of carbonyl (C=O) groups excluding carboxylic acids is 2. The zero-order valence-electron chi connectivity index (χ0n) is 14.3. The molecule has 0 aromatic heterocycles. The first kappa shape index (κ1) is 18.0. The molecular formula is C18H16F3NO4. The monoisotopic (exact) mass is 367 g/mol. The van der Waals surface area contributed by atoms with Gasteiger partial charge in [-0.2, -0.15) is 0 Å². The molecule has 2 unspecified atom stereocenters. The highest BCUT2D eigenvalue weighted by Crippen LogP contribution is 2.44. The molecule has 1 N–H and O–H groups in total. The van der Waals surface area contributed by atoms with Gasteiger partial charge in [-0.1, -0.05) is 0 Å². The van der Waals surface area contributed by atoms with E-state index in [1.807, 2.05) is 0 Å². The summed E-state index contributed by atoms with van der Waals surface area (Å²) in [4.78, 5) is 24.6. The molecule has 26 heavy (non-hydrogen) atoms. The van der Waals surface area contributed by atoms with Gasteiger partial charge in [-0.05, 0) is 25.5 Å². The van der Waals surface area contributed by atoms with Gasteiger partial charge in [-0.15, -0.1) is 0 Å². The molecule has 0 amide bonds. The van der Waals surface area contributed by atoms with Crippen LogP contribution in [-0.4, -0.2) is 25.7 Å².